The fraction of sp³-hybridized carbons (Fsp3) is 0.345. The van der Waals surface area contributed by atoms with Crippen LogP contribution in [0.5, 0.6) is 0 Å². The van der Waals surface area contributed by atoms with Crippen molar-refractivity contribution in [2.75, 3.05) is 6.54 Å². The van der Waals surface area contributed by atoms with Gasteiger partial charge in [0, 0.05) is 18.8 Å². The molecule has 7 nitrogen and oxygen atoms in total. The average Bonchev–Trinajstić information content (AvgIpc) is 2.76. The third-order valence-electron chi connectivity index (χ3n) is 6.08. The van der Waals surface area contributed by atoms with Crippen LogP contribution in [0.1, 0.15) is 69.5 Å². The van der Waals surface area contributed by atoms with Crippen LogP contribution in [0.3, 0.4) is 0 Å². The van der Waals surface area contributed by atoms with Crippen LogP contribution >= 0.6 is 0 Å². The van der Waals surface area contributed by atoms with Gasteiger partial charge in [-0.15, -0.1) is 0 Å². The van der Waals surface area contributed by atoms with Gasteiger partial charge in [-0.2, -0.15) is 0 Å². The predicted octanol–water partition coefficient (Wildman–Crippen LogP) is 3.89. The van der Waals surface area contributed by atoms with Crippen molar-refractivity contribution in [1.82, 2.24) is 9.88 Å². The summed E-state index contributed by atoms with van der Waals surface area (Å²) in [6, 6.07) is 15.5. The second-order valence-electron chi connectivity index (χ2n) is 9.70. The monoisotopic (exact) mass is 487 g/mol. The lowest BCUT2D eigenvalue weighted by atomic mass is 9.93. The first kappa shape index (κ1) is 26.7. The lowest BCUT2D eigenvalue weighted by molar-refractivity contribution is 0.0936. The van der Waals surface area contributed by atoms with Crippen molar-refractivity contribution in [3.63, 3.8) is 0 Å². The molecule has 1 heterocycles. The van der Waals surface area contributed by atoms with Crippen LogP contribution in [0.25, 0.3) is 0 Å². The summed E-state index contributed by atoms with van der Waals surface area (Å²) in [6.45, 7) is 10.6. The summed E-state index contributed by atoms with van der Waals surface area (Å²) in [5.41, 5.74) is 17.0. The minimum atomic E-state index is -0.386. The van der Waals surface area contributed by atoms with Crippen LogP contribution in [-0.2, 0) is 0 Å². The smallest absolute Gasteiger partial charge is 0.264 e. The molecular formula is C29H37N5O2. The third kappa shape index (κ3) is 6.84. The van der Waals surface area contributed by atoms with Crippen molar-refractivity contribution in [1.29, 1.82) is 0 Å². The number of nitrogens with two attached hydrogens (primary N) is 2. The zero-order chi connectivity index (χ0) is 26.4. The second kappa shape index (κ2) is 11.7. The number of guanidine groups is 1. The van der Waals surface area contributed by atoms with Crippen molar-refractivity contribution >= 4 is 11.9 Å². The molecule has 0 aliphatic heterocycles. The van der Waals surface area contributed by atoms with E-state index in [9.17, 15) is 9.59 Å². The lowest BCUT2D eigenvalue weighted by Crippen LogP contribution is -2.38. The average molecular weight is 488 g/mol. The summed E-state index contributed by atoms with van der Waals surface area (Å²) in [5, 5.41) is 2.94. The number of rotatable bonds is 9. The number of aromatic nitrogens is 1. The standard InChI is InChI=1S/C29H37N5O2/c1-18-12-19(2)15-23(14-18)26(24-16-20(3)13-21(4)17-24)34-11-7-9-25(28(34)36)27(35)33-22(5)8-6-10-32-29(30)31/h7,9,11-17,22,26H,6,8,10H2,1-5H3,(H,33,35)(H4,30,31,32). The number of aliphatic imine (C=N–C) groups is 1. The largest absolute Gasteiger partial charge is 0.370 e. The van der Waals surface area contributed by atoms with Gasteiger partial charge >= 0.3 is 0 Å². The molecule has 2 aromatic carbocycles. The van der Waals surface area contributed by atoms with Gasteiger partial charge in [-0.25, -0.2) is 0 Å². The Morgan fingerprint density at radius 2 is 1.47 bits per heavy atom. The van der Waals surface area contributed by atoms with Crippen molar-refractivity contribution in [2.24, 2.45) is 16.5 Å². The lowest BCUT2D eigenvalue weighted by Gasteiger charge is -2.24. The molecule has 0 saturated heterocycles. The highest BCUT2D eigenvalue weighted by atomic mass is 16.2. The molecular weight excluding hydrogens is 450 g/mol. The van der Waals surface area contributed by atoms with Gasteiger partial charge in [0.25, 0.3) is 11.5 Å². The molecule has 5 N–H and O–H groups in total. The summed E-state index contributed by atoms with van der Waals surface area (Å²) in [4.78, 5) is 30.8. The molecule has 1 atom stereocenters. The SMILES string of the molecule is Cc1cc(C)cc(C(c2cc(C)cc(C)c2)n2cccc(C(=O)NC(C)CCCN=C(N)N)c2=O)c1. The summed E-state index contributed by atoms with van der Waals surface area (Å²) < 4.78 is 1.67. The molecule has 0 radical (unpaired) electrons. The number of hydrogen-bond donors (Lipinski definition) is 3. The summed E-state index contributed by atoms with van der Waals surface area (Å²) in [7, 11) is 0. The highest BCUT2D eigenvalue weighted by molar-refractivity contribution is 5.94. The molecule has 1 aromatic heterocycles. The Balaban J connectivity index is 1.99. The first-order valence-corrected chi connectivity index (χ1v) is 12.3. The summed E-state index contributed by atoms with van der Waals surface area (Å²) in [6.07, 6.45) is 3.18. The van der Waals surface area contributed by atoms with Crippen LogP contribution in [0, 0.1) is 27.7 Å². The number of nitrogens with zero attached hydrogens (tertiary/aromatic N) is 2. The van der Waals surface area contributed by atoms with Crippen molar-refractivity contribution < 1.29 is 4.79 Å². The summed E-state index contributed by atoms with van der Waals surface area (Å²) in [5.74, 6) is -0.332. The first-order chi connectivity index (χ1) is 17.0. The fourth-order valence-corrected chi connectivity index (χ4v) is 4.71. The minimum absolute atomic E-state index is 0.0543. The molecule has 190 valence electrons. The molecule has 3 aromatic rings. The molecule has 0 spiro atoms. The van der Waals surface area contributed by atoms with E-state index >= 15 is 0 Å². The predicted molar refractivity (Wildman–Crippen MR) is 147 cm³/mol. The number of carbonyl (C=O) groups excluding carboxylic acids is 1. The van der Waals surface area contributed by atoms with E-state index in [1.807, 2.05) is 6.92 Å². The number of nitrogens with one attached hydrogen (secondary N) is 1. The Morgan fingerprint density at radius 1 is 0.944 bits per heavy atom. The molecule has 36 heavy (non-hydrogen) atoms. The minimum Gasteiger partial charge on any atom is -0.370 e. The van der Waals surface area contributed by atoms with Gasteiger partial charge in [0.05, 0.1) is 6.04 Å². The molecule has 1 amide bonds. The van der Waals surface area contributed by atoms with Crippen molar-refractivity contribution in [3.8, 4) is 0 Å². The zero-order valence-corrected chi connectivity index (χ0v) is 21.8. The molecule has 1 unspecified atom stereocenters. The fourth-order valence-electron chi connectivity index (χ4n) is 4.71. The third-order valence-corrected chi connectivity index (χ3v) is 6.08. The second-order valence-corrected chi connectivity index (χ2v) is 9.70. The van der Waals surface area contributed by atoms with Crippen LogP contribution in [-0.4, -0.2) is 29.0 Å². The molecule has 7 heteroatoms. The Hall–Kier alpha value is -3.87. The number of aryl methyl sites for hydroxylation is 4. The molecule has 0 fully saturated rings. The van der Waals surface area contributed by atoms with Crippen LogP contribution in [0.2, 0.25) is 0 Å². The van der Waals surface area contributed by atoms with E-state index in [4.69, 9.17) is 11.5 Å². The highest BCUT2D eigenvalue weighted by Crippen LogP contribution is 2.29. The van der Waals surface area contributed by atoms with E-state index in [0.29, 0.717) is 13.0 Å². The summed E-state index contributed by atoms with van der Waals surface area (Å²) >= 11 is 0. The van der Waals surface area contributed by atoms with E-state index in [1.165, 1.54) is 0 Å². The Kier molecular flexibility index (Phi) is 8.69. The van der Waals surface area contributed by atoms with Crippen molar-refractivity contribution in [3.05, 3.63) is 104 Å². The van der Waals surface area contributed by atoms with Crippen LogP contribution in [0.15, 0.2) is 64.5 Å². The van der Waals surface area contributed by atoms with Gasteiger partial charge in [0.2, 0.25) is 0 Å². The number of hydrogen-bond acceptors (Lipinski definition) is 3. The van der Waals surface area contributed by atoms with Gasteiger partial charge in [-0.3, -0.25) is 14.6 Å². The number of amides is 1. The maximum absolute atomic E-state index is 13.7. The van der Waals surface area contributed by atoms with Gasteiger partial charge in [0.1, 0.15) is 5.56 Å². The number of pyridine rings is 1. The first-order valence-electron chi connectivity index (χ1n) is 12.3. The maximum atomic E-state index is 13.7. The van der Waals surface area contributed by atoms with E-state index < -0.39 is 0 Å². The molecule has 0 aliphatic carbocycles. The normalized spacial score (nSPS) is 11.8. The number of benzene rings is 2. The van der Waals surface area contributed by atoms with Crippen molar-refractivity contribution in [2.45, 2.75) is 59.5 Å². The number of carbonyl (C=O) groups is 1. The Bertz CT molecular complexity index is 1230. The highest BCUT2D eigenvalue weighted by Gasteiger charge is 2.22. The molecule has 0 bridgehead atoms. The van der Waals surface area contributed by atoms with E-state index in [1.54, 1.807) is 22.9 Å². The topological polar surface area (TPSA) is 116 Å². The van der Waals surface area contributed by atoms with Crippen LogP contribution in [0.4, 0.5) is 0 Å². The molecule has 0 aliphatic rings. The van der Waals surface area contributed by atoms with Gasteiger partial charge in [0.15, 0.2) is 5.96 Å². The molecule has 3 rings (SSSR count). The van der Waals surface area contributed by atoms with Crippen LogP contribution < -0.4 is 22.3 Å². The quantitative estimate of drug-likeness (QED) is 0.241. The Labute approximate surface area is 213 Å². The molecule has 0 saturated carbocycles. The van der Waals surface area contributed by atoms with E-state index in [-0.39, 0.29) is 35.1 Å². The zero-order valence-electron chi connectivity index (χ0n) is 21.8. The van der Waals surface area contributed by atoms with Gasteiger partial charge < -0.3 is 21.4 Å². The van der Waals surface area contributed by atoms with Gasteiger partial charge in [-0.05, 0) is 70.7 Å². The van der Waals surface area contributed by atoms with Gasteiger partial charge in [-0.1, -0.05) is 58.7 Å². The maximum Gasteiger partial charge on any atom is 0.264 e. The van der Waals surface area contributed by atoms with E-state index in [2.05, 4.69) is 74.4 Å². The van der Waals surface area contributed by atoms with E-state index in [0.717, 1.165) is 39.8 Å². The Morgan fingerprint density at radius 3 is 1.97 bits per heavy atom.